The summed E-state index contributed by atoms with van der Waals surface area (Å²) >= 11 is 0. The minimum atomic E-state index is -0.409. The lowest BCUT2D eigenvalue weighted by Crippen LogP contribution is -2.12. The van der Waals surface area contributed by atoms with E-state index >= 15 is 0 Å². The van der Waals surface area contributed by atoms with Crippen LogP contribution in [-0.4, -0.2) is 18.7 Å². The van der Waals surface area contributed by atoms with Crippen LogP contribution in [0.15, 0.2) is 30.9 Å². The zero-order valence-corrected chi connectivity index (χ0v) is 10.6. The Bertz CT molecular complexity index is 429. The van der Waals surface area contributed by atoms with Gasteiger partial charge < -0.3 is 9.47 Å². The average Bonchev–Trinajstić information content (AvgIpc) is 2.32. The summed E-state index contributed by atoms with van der Waals surface area (Å²) in [5, 5.41) is 0. The van der Waals surface area contributed by atoms with E-state index in [4.69, 9.17) is 9.47 Å². The summed E-state index contributed by atoms with van der Waals surface area (Å²) in [5.41, 5.74) is 0.474. The normalized spacial score (nSPS) is 11.7. The van der Waals surface area contributed by atoms with Crippen LogP contribution in [-0.2, 0) is 16.0 Å². The third kappa shape index (κ3) is 4.20. The molecule has 0 fully saturated rings. The van der Waals surface area contributed by atoms with E-state index < -0.39 is 11.8 Å². The highest BCUT2D eigenvalue weighted by Crippen LogP contribution is 2.22. The molecule has 18 heavy (non-hydrogen) atoms. The molecule has 0 N–H and O–H groups in total. The van der Waals surface area contributed by atoms with E-state index in [9.17, 15) is 9.18 Å². The minimum Gasteiger partial charge on any atom is -0.486 e. The Balaban J connectivity index is 2.89. The van der Waals surface area contributed by atoms with Crippen molar-refractivity contribution in [3.63, 3.8) is 0 Å². The number of halogens is 1. The van der Waals surface area contributed by atoms with Crippen molar-refractivity contribution >= 4 is 5.97 Å². The van der Waals surface area contributed by atoms with Gasteiger partial charge in [0.2, 0.25) is 0 Å². The van der Waals surface area contributed by atoms with Gasteiger partial charge in [-0.05, 0) is 32.0 Å². The molecule has 0 bridgehead atoms. The topological polar surface area (TPSA) is 35.5 Å². The highest BCUT2D eigenvalue weighted by Gasteiger charge is 2.12. The van der Waals surface area contributed by atoms with E-state index in [0.29, 0.717) is 17.9 Å². The maximum Gasteiger partial charge on any atom is 0.310 e. The van der Waals surface area contributed by atoms with E-state index in [1.54, 1.807) is 13.0 Å². The summed E-state index contributed by atoms with van der Waals surface area (Å²) in [5.74, 6) is -0.344. The van der Waals surface area contributed by atoms with E-state index in [1.807, 2.05) is 6.92 Å². The van der Waals surface area contributed by atoms with E-state index in [1.165, 1.54) is 18.2 Å². The Kier molecular flexibility index (Phi) is 5.36. The standard InChI is InChI=1S/C14H17FO3/c1-4-10(3)18-13-7-6-12(15)8-11(13)9-14(16)17-5-2/h4,6-8,10H,1,5,9H2,2-3H3. The predicted molar refractivity (Wildman–Crippen MR) is 67.0 cm³/mol. The molecule has 4 heteroatoms. The van der Waals surface area contributed by atoms with E-state index in [0.717, 1.165) is 0 Å². The monoisotopic (exact) mass is 252 g/mol. The molecule has 0 aliphatic carbocycles. The summed E-state index contributed by atoms with van der Waals surface area (Å²) in [7, 11) is 0. The van der Waals surface area contributed by atoms with Crippen molar-refractivity contribution in [1.29, 1.82) is 0 Å². The molecule has 1 rings (SSSR count). The Morgan fingerprint density at radius 3 is 2.89 bits per heavy atom. The molecule has 0 aliphatic rings. The fourth-order valence-electron chi connectivity index (χ4n) is 1.42. The third-order valence-electron chi connectivity index (χ3n) is 2.31. The third-order valence-corrected chi connectivity index (χ3v) is 2.31. The predicted octanol–water partition coefficient (Wildman–Crippen LogP) is 2.88. The quantitative estimate of drug-likeness (QED) is 0.577. The molecule has 0 saturated heterocycles. The van der Waals surface area contributed by atoms with Gasteiger partial charge in [0.1, 0.15) is 17.7 Å². The van der Waals surface area contributed by atoms with Crippen LogP contribution in [0.5, 0.6) is 5.75 Å². The first-order chi connectivity index (χ1) is 8.56. The molecule has 1 aromatic rings. The molecular formula is C14H17FO3. The Morgan fingerprint density at radius 2 is 2.28 bits per heavy atom. The number of ether oxygens (including phenoxy) is 2. The first kappa shape index (κ1) is 14.2. The lowest BCUT2D eigenvalue weighted by Gasteiger charge is -2.14. The largest absolute Gasteiger partial charge is 0.486 e. The molecule has 0 saturated carbocycles. The van der Waals surface area contributed by atoms with E-state index in [2.05, 4.69) is 6.58 Å². The van der Waals surface area contributed by atoms with Gasteiger partial charge in [-0.15, -0.1) is 0 Å². The highest BCUT2D eigenvalue weighted by molar-refractivity contribution is 5.73. The van der Waals surface area contributed by atoms with Crippen LogP contribution in [0.2, 0.25) is 0 Å². The van der Waals surface area contributed by atoms with Crippen LogP contribution in [0, 0.1) is 5.82 Å². The van der Waals surface area contributed by atoms with Gasteiger partial charge in [-0.1, -0.05) is 12.7 Å². The molecule has 98 valence electrons. The van der Waals surface area contributed by atoms with Crippen molar-refractivity contribution in [3.8, 4) is 5.75 Å². The van der Waals surface area contributed by atoms with Crippen molar-refractivity contribution < 1.29 is 18.7 Å². The maximum absolute atomic E-state index is 13.2. The van der Waals surface area contributed by atoms with Gasteiger partial charge in [0.05, 0.1) is 13.0 Å². The van der Waals surface area contributed by atoms with Crippen LogP contribution in [0.25, 0.3) is 0 Å². The first-order valence-corrected chi connectivity index (χ1v) is 5.80. The fraction of sp³-hybridized carbons (Fsp3) is 0.357. The van der Waals surface area contributed by atoms with Crippen molar-refractivity contribution in [3.05, 3.63) is 42.2 Å². The summed E-state index contributed by atoms with van der Waals surface area (Å²) in [6, 6.07) is 4.08. The zero-order chi connectivity index (χ0) is 13.5. The SMILES string of the molecule is C=CC(C)Oc1ccc(F)cc1CC(=O)OCC. The molecule has 1 aromatic carbocycles. The molecule has 0 aliphatic heterocycles. The Hall–Kier alpha value is -1.84. The van der Waals surface area contributed by atoms with Crippen molar-refractivity contribution in [2.75, 3.05) is 6.61 Å². The van der Waals surface area contributed by atoms with Gasteiger partial charge >= 0.3 is 5.97 Å². The van der Waals surface area contributed by atoms with Gasteiger partial charge in [0, 0.05) is 5.56 Å². The first-order valence-electron chi connectivity index (χ1n) is 5.80. The number of carbonyl (C=O) groups is 1. The molecule has 3 nitrogen and oxygen atoms in total. The summed E-state index contributed by atoms with van der Waals surface area (Å²) in [4.78, 5) is 11.4. The molecule has 0 aromatic heterocycles. The van der Waals surface area contributed by atoms with Gasteiger partial charge in [-0.2, -0.15) is 0 Å². The van der Waals surface area contributed by atoms with Gasteiger partial charge in [0.15, 0.2) is 0 Å². The highest BCUT2D eigenvalue weighted by atomic mass is 19.1. The molecule has 0 amide bonds. The van der Waals surface area contributed by atoms with Crippen molar-refractivity contribution in [1.82, 2.24) is 0 Å². The van der Waals surface area contributed by atoms with Crippen LogP contribution < -0.4 is 4.74 Å². The number of benzene rings is 1. The van der Waals surface area contributed by atoms with Crippen LogP contribution >= 0.6 is 0 Å². The lowest BCUT2D eigenvalue weighted by molar-refractivity contribution is -0.142. The number of rotatable bonds is 6. The summed E-state index contributed by atoms with van der Waals surface area (Å²) < 4.78 is 23.5. The van der Waals surface area contributed by atoms with Crippen LogP contribution in [0.3, 0.4) is 0 Å². The number of hydrogen-bond acceptors (Lipinski definition) is 3. The Morgan fingerprint density at radius 1 is 1.56 bits per heavy atom. The van der Waals surface area contributed by atoms with Crippen molar-refractivity contribution in [2.45, 2.75) is 26.4 Å². The van der Waals surface area contributed by atoms with Gasteiger partial charge in [-0.3, -0.25) is 4.79 Å². The van der Waals surface area contributed by atoms with Crippen LogP contribution in [0.1, 0.15) is 19.4 Å². The van der Waals surface area contributed by atoms with Crippen molar-refractivity contribution in [2.24, 2.45) is 0 Å². The fourth-order valence-corrected chi connectivity index (χ4v) is 1.42. The number of hydrogen-bond donors (Lipinski definition) is 0. The maximum atomic E-state index is 13.2. The average molecular weight is 252 g/mol. The second-order valence-corrected chi connectivity index (χ2v) is 3.79. The smallest absolute Gasteiger partial charge is 0.310 e. The molecular weight excluding hydrogens is 235 g/mol. The number of esters is 1. The lowest BCUT2D eigenvalue weighted by atomic mass is 10.1. The second-order valence-electron chi connectivity index (χ2n) is 3.79. The van der Waals surface area contributed by atoms with Crippen LogP contribution in [0.4, 0.5) is 4.39 Å². The molecule has 0 spiro atoms. The van der Waals surface area contributed by atoms with E-state index in [-0.39, 0.29) is 12.5 Å². The second kappa shape index (κ2) is 6.79. The molecule has 1 unspecified atom stereocenters. The molecule has 1 atom stereocenters. The minimum absolute atomic E-state index is 0.00913. The Labute approximate surface area is 106 Å². The summed E-state index contributed by atoms with van der Waals surface area (Å²) in [6.45, 7) is 7.44. The zero-order valence-electron chi connectivity index (χ0n) is 10.6. The van der Waals surface area contributed by atoms with Gasteiger partial charge in [0.25, 0.3) is 0 Å². The molecule has 0 heterocycles. The van der Waals surface area contributed by atoms with Gasteiger partial charge in [-0.25, -0.2) is 4.39 Å². The summed E-state index contributed by atoms with van der Waals surface area (Å²) in [6.07, 6.45) is 1.40. The number of carbonyl (C=O) groups excluding carboxylic acids is 1. The molecule has 0 radical (unpaired) electrons.